The zero-order chi connectivity index (χ0) is 19.6. The van der Waals surface area contributed by atoms with Crippen molar-refractivity contribution in [1.82, 2.24) is 9.80 Å². The number of likely N-dealkylation sites (tertiary alicyclic amines) is 2. The van der Waals surface area contributed by atoms with E-state index in [0.29, 0.717) is 31.6 Å². The number of carboxylic acid groups (broad SMARTS) is 1. The number of carboxylic acids is 1. The summed E-state index contributed by atoms with van der Waals surface area (Å²) in [5, 5.41) is 9.23. The largest absolute Gasteiger partial charge is 0.480 e. The Morgan fingerprint density at radius 1 is 1.22 bits per heavy atom. The van der Waals surface area contributed by atoms with Crippen molar-refractivity contribution in [2.45, 2.75) is 32.1 Å². The molecule has 0 unspecified atom stereocenters. The van der Waals surface area contributed by atoms with E-state index in [1.165, 1.54) is 23.1 Å². The van der Waals surface area contributed by atoms with Gasteiger partial charge in [-0.3, -0.25) is 14.4 Å². The van der Waals surface area contributed by atoms with Crippen molar-refractivity contribution < 1.29 is 23.9 Å². The molecule has 0 aliphatic carbocycles. The lowest BCUT2D eigenvalue weighted by molar-refractivity contribution is -0.150. The van der Waals surface area contributed by atoms with Crippen LogP contribution in [0.15, 0.2) is 18.2 Å². The molecule has 6 nitrogen and oxygen atoms in total. The summed E-state index contributed by atoms with van der Waals surface area (Å²) in [7, 11) is 0. The summed E-state index contributed by atoms with van der Waals surface area (Å²) in [6.45, 7) is 1.29. The van der Waals surface area contributed by atoms with E-state index in [1.807, 2.05) is 0 Å². The van der Waals surface area contributed by atoms with Crippen LogP contribution in [0, 0.1) is 11.2 Å². The molecular formula is C19H22ClFN2O4. The second kappa shape index (κ2) is 7.84. The summed E-state index contributed by atoms with van der Waals surface area (Å²) in [5.74, 6) is -1.63. The second-order valence-corrected chi connectivity index (χ2v) is 7.84. The van der Waals surface area contributed by atoms with Gasteiger partial charge in [0.1, 0.15) is 12.4 Å². The Bertz CT molecular complexity index is 762. The first-order chi connectivity index (χ1) is 12.8. The van der Waals surface area contributed by atoms with E-state index in [2.05, 4.69) is 0 Å². The Kier molecular flexibility index (Phi) is 5.69. The monoisotopic (exact) mass is 396 g/mol. The smallest absolute Gasteiger partial charge is 0.323 e. The summed E-state index contributed by atoms with van der Waals surface area (Å²) in [6.07, 6.45) is 2.68. The molecular weight excluding hydrogens is 375 g/mol. The Morgan fingerprint density at radius 2 is 1.93 bits per heavy atom. The number of piperidine rings is 2. The second-order valence-electron chi connectivity index (χ2n) is 7.44. The van der Waals surface area contributed by atoms with Crippen molar-refractivity contribution in [3.63, 3.8) is 0 Å². The van der Waals surface area contributed by atoms with Gasteiger partial charge in [0.15, 0.2) is 0 Å². The first kappa shape index (κ1) is 19.6. The maximum atomic E-state index is 13.1. The highest BCUT2D eigenvalue weighted by molar-refractivity contribution is 6.31. The van der Waals surface area contributed by atoms with Crippen molar-refractivity contribution in [3.8, 4) is 0 Å². The Balaban J connectivity index is 1.58. The highest BCUT2D eigenvalue weighted by atomic mass is 35.5. The molecule has 1 spiro atoms. The van der Waals surface area contributed by atoms with Gasteiger partial charge in [0.25, 0.3) is 0 Å². The lowest BCUT2D eigenvalue weighted by Crippen LogP contribution is -2.53. The molecule has 2 fully saturated rings. The summed E-state index contributed by atoms with van der Waals surface area (Å²) in [4.78, 5) is 38.7. The minimum Gasteiger partial charge on any atom is -0.480 e. The van der Waals surface area contributed by atoms with Crippen LogP contribution in [0.5, 0.6) is 0 Å². The first-order valence-corrected chi connectivity index (χ1v) is 9.37. The number of halogens is 2. The number of carbonyl (C=O) groups is 3. The van der Waals surface area contributed by atoms with Gasteiger partial charge >= 0.3 is 5.97 Å². The Hall–Kier alpha value is -2.15. The van der Waals surface area contributed by atoms with Crippen molar-refractivity contribution in [1.29, 1.82) is 0 Å². The molecule has 1 aromatic rings. The number of nitrogens with zero attached hydrogens (tertiary/aromatic N) is 2. The molecule has 3 rings (SSSR count). The van der Waals surface area contributed by atoms with Gasteiger partial charge in [0.2, 0.25) is 11.8 Å². The molecule has 0 atom stereocenters. The molecule has 2 saturated heterocycles. The highest BCUT2D eigenvalue weighted by Crippen LogP contribution is 2.40. The van der Waals surface area contributed by atoms with Crippen LogP contribution in [0.1, 0.15) is 31.2 Å². The summed E-state index contributed by atoms with van der Waals surface area (Å²) in [5.41, 5.74) is 0.479. The van der Waals surface area contributed by atoms with Gasteiger partial charge in [-0.2, -0.15) is 0 Å². The fourth-order valence-electron chi connectivity index (χ4n) is 3.99. The molecule has 8 heteroatoms. The van der Waals surface area contributed by atoms with E-state index in [9.17, 15) is 18.8 Å². The zero-order valence-electron chi connectivity index (χ0n) is 14.9. The van der Waals surface area contributed by atoms with Crippen LogP contribution < -0.4 is 0 Å². The predicted molar refractivity (Wildman–Crippen MR) is 96.8 cm³/mol. The maximum absolute atomic E-state index is 13.1. The molecule has 1 aromatic carbocycles. The fourth-order valence-corrected chi connectivity index (χ4v) is 4.22. The average Bonchev–Trinajstić information content (AvgIpc) is 2.61. The molecule has 0 saturated carbocycles. The first-order valence-electron chi connectivity index (χ1n) is 8.99. The standard InChI is InChI=1S/C19H22ClFN2O4/c20-15-10-14(21)2-1-13(15)9-17(25)22-7-5-19(6-8-22)4-3-16(24)23(12-19)11-18(26)27/h1-2,10H,3-9,11-12H2,(H,26,27). The van der Waals surface area contributed by atoms with Crippen molar-refractivity contribution in [3.05, 3.63) is 34.6 Å². The van der Waals surface area contributed by atoms with Crippen molar-refractivity contribution in [2.75, 3.05) is 26.2 Å². The molecule has 146 valence electrons. The van der Waals surface area contributed by atoms with E-state index in [0.717, 1.165) is 19.3 Å². The number of hydrogen-bond donors (Lipinski definition) is 1. The Morgan fingerprint density at radius 3 is 2.56 bits per heavy atom. The third-order valence-electron chi connectivity index (χ3n) is 5.61. The normalized spacial score (nSPS) is 19.4. The van der Waals surface area contributed by atoms with Crippen LogP contribution >= 0.6 is 11.6 Å². The van der Waals surface area contributed by atoms with Gasteiger partial charge in [-0.1, -0.05) is 17.7 Å². The fraction of sp³-hybridized carbons (Fsp3) is 0.526. The lowest BCUT2D eigenvalue weighted by Gasteiger charge is -2.47. The molecule has 0 aromatic heterocycles. The number of amides is 2. The summed E-state index contributed by atoms with van der Waals surface area (Å²) < 4.78 is 13.1. The van der Waals surface area contributed by atoms with Crippen LogP contribution in [-0.4, -0.2) is 58.9 Å². The van der Waals surface area contributed by atoms with E-state index >= 15 is 0 Å². The minimum atomic E-state index is -1.01. The van der Waals surface area contributed by atoms with Crippen LogP contribution in [0.4, 0.5) is 4.39 Å². The van der Waals surface area contributed by atoms with Crippen LogP contribution in [0.3, 0.4) is 0 Å². The van der Waals surface area contributed by atoms with Gasteiger partial charge < -0.3 is 14.9 Å². The van der Waals surface area contributed by atoms with E-state index in [-0.39, 0.29) is 35.2 Å². The molecule has 27 heavy (non-hydrogen) atoms. The summed E-state index contributed by atoms with van der Waals surface area (Å²) in [6, 6.07) is 4.01. The third kappa shape index (κ3) is 4.58. The number of benzene rings is 1. The predicted octanol–water partition coefficient (Wildman–Crippen LogP) is 2.34. The molecule has 2 amide bonds. The van der Waals surface area contributed by atoms with Gasteiger partial charge in [-0.05, 0) is 42.4 Å². The number of aliphatic carboxylic acids is 1. The van der Waals surface area contributed by atoms with E-state index in [1.54, 1.807) is 4.90 Å². The van der Waals surface area contributed by atoms with Crippen LogP contribution in [-0.2, 0) is 20.8 Å². The number of hydrogen-bond acceptors (Lipinski definition) is 3. The average molecular weight is 397 g/mol. The highest BCUT2D eigenvalue weighted by Gasteiger charge is 2.42. The molecule has 1 N–H and O–H groups in total. The quantitative estimate of drug-likeness (QED) is 0.847. The molecule has 0 bridgehead atoms. The topological polar surface area (TPSA) is 77.9 Å². The Labute approximate surface area is 161 Å². The maximum Gasteiger partial charge on any atom is 0.323 e. The van der Waals surface area contributed by atoms with Gasteiger partial charge in [0.05, 0.1) is 6.42 Å². The molecule has 2 aliphatic heterocycles. The molecule has 2 heterocycles. The summed E-state index contributed by atoms with van der Waals surface area (Å²) >= 11 is 6.00. The number of rotatable bonds is 4. The zero-order valence-corrected chi connectivity index (χ0v) is 15.7. The molecule has 0 radical (unpaired) electrons. The molecule has 2 aliphatic rings. The van der Waals surface area contributed by atoms with Gasteiger partial charge in [-0.15, -0.1) is 0 Å². The van der Waals surface area contributed by atoms with Gasteiger partial charge in [-0.25, -0.2) is 4.39 Å². The van der Waals surface area contributed by atoms with E-state index < -0.39 is 11.8 Å². The SMILES string of the molecule is O=C(O)CN1CC2(CCC1=O)CCN(C(=O)Cc1ccc(F)cc1Cl)CC2. The lowest BCUT2D eigenvalue weighted by atomic mass is 9.72. The van der Waals surface area contributed by atoms with E-state index in [4.69, 9.17) is 16.7 Å². The minimum absolute atomic E-state index is 0.0624. The van der Waals surface area contributed by atoms with Crippen molar-refractivity contribution >= 4 is 29.4 Å². The number of carbonyl (C=O) groups excluding carboxylic acids is 2. The third-order valence-corrected chi connectivity index (χ3v) is 5.96. The van der Waals surface area contributed by atoms with Crippen LogP contribution in [0.25, 0.3) is 0 Å². The van der Waals surface area contributed by atoms with Crippen LogP contribution in [0.2, 0.25) is 5.02 Å². The van der Waals surface area contributed by atoms with Crippen molar-refractivity contribution in [2.24, 2.45) is 5.41 Å². The van der Waals surface area contributed by atoms with Gasteiger partial charge in [0, 0.05) is 31.1 Å².